The quantitative estimate of drug-likeness (QED) is 0.719. The van der Waals surface area contributed by atoms with Gasteiger partial charge in [-0.1, -0.05) is 23.3 Å². The number of tetrazole rings is 1. The highest BCUT2D eigenvalue weighted by Gasteiger charge is 2.09. The summed E-state index contributed by atoms with van der Waals surface area (Å²) < 4.78 is 3.25. The third-order valence-electron chi connectivity index (χ3n) is 2.97. The first-order chi connectivity index (χ1) is 9.75. The van der Waals surface area contributed by atoms with E-state index in [9.17, 15) is 0 Å². The summed E-state index contributed by atoms with van der Waals surface area (Å²) in [6, 6.07) is 9.66. The zero-order valence-electron chi connectivity index (χ0n) is 10.9. The Labute approximate surface area is 115 Å². The number of hydrogen-bond donors (Lipinski definition) is 2. The van der Waals surface area contributed by atoms with Gasteiger partial charge in [0.05, 0.1) is 11.9 Å². The molecular formula is C12H14N8. The first kappa shape index (κ1) is 12.2. The van der Waals surface area contributed by atoms with Crippen molar-refractivity contribution >= 4 is 11.8 Å². The summed E-state index contributed by atoms with van der Waals surface area (Å²) >= 11 is 0. The van der Waals surface area contributed by atoms with Crippen molar-refractivity contribution < 1.29 is 0 Å². The predicted molar refractivity (Wildman–Crippen MR) is 74.1 cm³/mol. The van der Waals surface area contributed by atoms with Gasteiger partial charge in [0.2, 0.25) is 5.95 Å². The molecule has 0 atom stereocenters. The number of nitrogens with two attached hydrogens (primary N) is 1. The van der Waals surface area contributed by atoms with Crippen LogP contribution in [0.3, 0.4) is 0 Å². The Balaban J connectivity index is 1.79. The van der Waals surface area contributed by atoms with Gasteiger partial charge in [0.15, 0.2) is 0 Å². The Hall–Kier alpha value is -2.90. The van der Waals surface area contributed by atoms with Gasteiger partial charge in [-0.05, 0) is 22.6 Å². The fourth-order valence-electron chi connectivity index (χ4n) is 1.84. The predicted octanol–water partition coefficient (Wildman–Crippen LogP) is 0.590. The average Bonchev–Trinajstić information content (AvgIpc) is 3.07. The molecule has 3 rings (SSSR count). The summed E-state index contributed by atoms with van der Waals surface area (Å²) in [7, 11) is 1.80. The SMILES string of the molecule is Cn1ncc(CNc2nnnn2-c2ccccc2)c1N. The van der Waals surface area contributed by atoms with E-state index in [1.165, 1.54) is 0 Å². The molecule has 1 aromatic carbocycles. The molecular weight excluding hydrogens is 256 g/mol. The molecule has 20 heavy (non-hydrogen) atoms. The van der Waals surface area contributed by atoms with Crippen molar-refractivity contribution in [2.45, 2.75) is 6.54 Å². The van der Waals surface area contributed by atoms with E-state index in [1.807, 2.05) is 30.3 Å². The van der Waals surface area contributed by atoms with Crippen LogP contribution >= 0.6 is 0 Å². The third-order valence-corrected chi connectivity index (χ3v) is 2.97. The Morgan fingerprint density at radius 3 is 2.75 bits per heavy atom. The molecule has 2 heterocycles. The van der Waals surface area contributed by atoms with Gasteiger partial charge in [-0.3, -0.25) is 4.68 Å². The van der Waals surface area contributed by atoms with E-state index in [1.54, 1.807) is 22.6 Å². The molecule has 102 valence electrons. The van der Waals surface area contributed by atoms with E-state index in [2.05, 4.69) is 25.9 Å². The molecule has 0 aliphatic heterocycles. The van der Waals surface area contributed by atoms with Crippen molar-refractivity contribution in [3.8, 4) is 5.69 Å². The monoisotopic (exact) mass is 270 g/mol. The van der Waals surface area contributed by atoms with Crippen molar-refractivity contribution in [1.82, 2.24) is 30.0 Å². The summed E-state index contributed by atoms with van der Waals surface area (Å²) in [5.74, 6) is 1.18. The second-order valence-electron chi connectivity index (χ2n) is 4.28. The largest absolute Gasteiger partial charge is 0.384 e. The minimum atomic E-state index is 0.507. The summed E-state index contributed by atoms with van der Waals surface area (Å²) in [5.41, 5.74) is 7.68. The van der Waals surface area contributed by atoms with Crippen LogP contribution in [0.1, 0.15) is 5.56 Å². The lowest BCUT2D eigenvalue weighted by molar-refractivity contribution is 0.778. The number of anilines is 2. The topological polar surface area (TPSA) is 99.5 Å². The molecule has 0 aliphatic rings. The Morgan fingerprint density at radius 2 is 2.05 bits per heavy atom. The molecule has 0 radical (unpaired) electrons. The van der Waals surface area contributed by atoms with E-state index >= 15 is 0 Å². The van der Waals surface area contributed by atoms with Crippen LogP contribution in [0.25, 0.3) is 5.69 Å². The van der Waals surface area contributed by atoms with Gasteiger partial charge in [-0.2, -0.15) is 9.78 Å². The Kier molecular flexibility index (Phi) is 3.04. The summed E-state index contributed by atoms with van der Waals surface area (Å²) in [6.45, 7) is 0.507. The third kappa shape index (κ3) is 2.18. The molecule has 0 aliphatic carbocycles. The van der Waals surface area contributed by atoms with Crippen LogP contribution in [0.4, 0.5) is 11.8 Å². The maximum atomic E-state index is 5.89. The highest BCUT2D eigenvalue weighted by Crippen LogP contribution is 2.14. The number of benzene rings is 1. The molecule has 0 saturated carbocycles. The number of nitrogen functional groups attached to an aromatic ring is 1. The van der Waals surface area contributed by atoms with Crippen LogP contribution in [0.2, 0.25) is 0 Å². The molecule has 8 nitrogen and oxygen atoms in total. The van der Waals surface area contributed by atoms with Gasteiger partial charge in [0.1, 0.15) is 5.82 Å². The van der Waals surface area contributed by atoms with Gasteiger partial charge >= 0.3 is 0 Å². The van der Waals surface area contributed by atoms with Crippen LogP contribution in [0, 0.1) is 0 Å². The molecule has 0 amide bonds. The number of aromatic nitrogens is 6. The van der Waals surface area contributed by atoms with Crippen LogP contribution in [0.5, 0.6) is 0 Å². The smallest absolute Gasteiger partial charge is 0.248 e. The first-order valence-corrected chi connectivity index (χ1v) is 6.09. The van der Waals surface area contributed by atoms with Crippen molar-refractivity contribution in [2.75, 3.05) is 11.1 Å². The van der Waals surface area contributed by atoms with Crippen molar-refractivity contribution in [1.29, 1.82) is 0 Å². The van der Waals surface area contributed by atoms with Crippen LogP contribution in [-0.4, -0.2) is 30.0 Å². The highest BCUT2D eigenvalue weighted by molar-refractivity contribution is 5.43. The zero-order valence-corrected chi connectivity index (χ0v) is 10.9. The number of nitrogens with one attached hydrogen (secondary N) is 1. The average molecular weight is 270 g/mol. The van der Waals surface area contributed by atoms with Gasteiger partial charge < -0.3 is 11.1 Å². The summed E-state index contributed by atoms with van der Waals surface area (Å²) in [5, 5.41) is 18.9. The fourth-order valence-corrected chi connectivity index (χ4v) is 1.84. The molecule has 3 N–H and O–H groups in total. The lowest BCUT2D eigenvalue weighted by atomic mass is 10.3. The van der Waals surface area contributed by atoms with E-state index in [0.29, 0.717) is 18.3 Å². The van der Waals surface area contributed by atoms with Crippen molar-refractivity contribution in [3.05, 3.63) is 42.1 Å². The van der Waals surface area contributed by atoms with Gasteiger partial charge in [-0.15, -0.1) is 0 Å². The number of aryl methyl sites for hydroxylation is 1. The zero-order chi connectivity index (χ0) is 13.9. The first-order valence-electron chi connectivity index (χ1n) is 6.09. The highest BCUT2D eigenvalue weighted by atomic mass is 15.6. The maximum absolute atomic E-state index is 5.89. The lowest BCUT2D eigenvalue weighted by Crippen LogP contribution is -2.08. The lowest BCUT2D eigenvalue weighted by Gasteiger charge is -2.06. The molecule has 8 heteroatoms. The molecule has 3 aromatic rings. The van der Waals surface area contributed by atoms with Crippen LogP contribution in [0.15, 0.2) is 36.5 Å². The fraction of sp³-hybridized carbons (Fsp3) is 0.167. The molecule has 0 unspecified atom stereocenters. The standard InChI is InChI=1S/C12H14N8/c1-19-11(13)9(8-15-19)7-14-12-16-17-18-20(12)10-5-3-2-4-6-10/h2-6,8H,7,13H2,1H3,(H,14,16,18). The Morgan fingerprint density at radius 1 is 1.25 bits per heavy atom. The number of hydrogen-bond acceptors (Lipinski definition) is 6. The van der Waals surface area contributed by atoms with Gasteiger partial charge in [0.25, 0.3) is 0 Å². The second-order valence-corrected chi connectivity index (χ2v) is 4.28. The minimum Gasteiger partial charge on any atom is -0.384 e. The molecule has 0 saturated heterocycles. The minimum absolute atomic E-state index is 0.507. The number of nitrogens with zero attached hydrogens (tertiary/aromatic N) is 6. The normalized spacial score (nSPS) is 10.7. The summed E-state index contributed by atoms with van der Waals surface area (Å²) in [6.07, 6.45) is 1.72. The number of para-hydroxylation sites is 1. The van der Waals surface area contributed by atoms with Crippen LogP contribution < -0.4 is 11.1 Å². The van der Waals surface area contributed by atoms with E-state index < -0.39 is 0 Å². The van der Waals surface area contributed by atoms with Crippen molar-refractivity contribution in [2.24, 2.45) is 7.05 Å². The Bertz CT molecular complexity index is 699. The van der Waals surface area contributed by atoms with E-state index in [4.69, 9.17) is 5.73 Å². The second kappa shape index (κ2) is 5.00. The molecule has 0 fully saturated rings. The van der Waals surface area contributed by atoms with E-state index in [-0.39, 0.29) is 0 Å². The molecule has 0 bridgehead atoms. The van der Waals surface area contributed by atoms with Gasteiger partial charge in [0, 0.05) is 19.2 Å². The maximum Gasteiger partial charge on any atom is 0.248 e. The molecule has 0 spiro atoms. The van der Waals surface area contributed by atoms with E-state index in [0.717, 1.165) is 11.3 Å². The molecule has 2 aromatic heterocycles. The van der Waals surface area contributed by atoms with Gasteiger partial charge in [-0.25, -0.2) is 0 Å². The van der Waals surface area contributed by atoms with Crippen molar-refractivity contribution in [3.63, 3.8) is 0 Å². The number of rotatable bonds is 4. The van der Waals surface area contributed by atoms with Crippen LogP contribution in [-0.2, 0) is 13.6 Å². The summed E-state index contributed by atoms with van der Waals surface area (Å²) in [4.78, 5) is 0.